The van der Waals surface area contributed by atoms with Gasteiger partial charge in [-0.15, -0.1) is 0 Å². The summed E-state index contributed by atoms with van der Waals surface area (Å²) in [6, 6.07) is 13.4. The lowest BCUT2D eigenvalue weighted by Gasteiger charge is -2.11. The second kappa shape index (κ2) is 4.94. The van der Waals surface area contributed by atoms with Crippen molar-refractivity contribution >= 4 is 38.8 Å². The monoisotopic (exact) mass is 307 g/mol. The number of para-hydroxylation sites is 1. The van der Waals surface area contributed by atoms with Crippen LogP contribution in [-0.4, -0.2) is 0 Å². The van der Waals surface area contributed by atoms with Crippen LogP contribution in [0.25, 0.3) is 5.57 Å². The van der Waals surface area contributed by atoms with Crippen LogP contribution in [0.4, 0.5) is 5.69 Å². The molecule has 0 bridgehead atoms. The van der Waals surface area contributed by atoms with Crippen LogP contribution < -0.4 is 5.73 Å². The number of anilines is 1. The Morgan fingerprint density at radius 1 is 1.06 bits per heavy atom. The molecule has 2 aromatic rings. The minimum atomic E-state index is 0.678. The zero-order chi connectivity index (χ0) is 12.4. The lowest BCUT2D eigenvalue weighted by molar-refractivity contribution is 1.53. The van der Waals surface area contributed by atoms with Crippen LogP contribution in [0.2, 0.25) is 5.02 Å². The lowest BCUT2D eigenvalue weighted by Crippen LogP contribution is -1.95. The summed E-state index contributed by atoms with van der Waals surface area (Å²) in [5.74, 6) is 0. The first-order chi connectivity index (χ1) is 8.11. The molecule has 0 aliphatic rings. The highest BCUT2D eigenvalue weighted by Crippen LogP contribution is 2.33. The van der Waals surface area contributed by atoms with E-state index in [1.807, 2.05) is 42.5 Å². The van der Waals surface area contributed by atoms with Gasteiger partial charge in [0, 0.05) is 20.6 Å². The third kappa shape index (κ3) is 2.38. The van der Waals surface area contributed by atoms with Gasteiger partial charge in [-0.1, -0.05) is 48.5 Å². The van der Waals surface area contributed by atoms with Crippen molar-refractivity contribution in [3.63, 3.8) is 0 Å². The Bertz CT molecular complexity index is 578. The average molecular weight is 309 g/mol. The normalized spacial score (nSPS) is 10.2. The summed E-state index contributed by atoms with van der Waals surface area (Å²) in [6.45, 7) is 4.07. The highest BCUT2D eigenvalue weighted by atomic mass is 79.9. The molecule has 0 atom stereocenters. The van der Waals surface area contributed by atoms with Crippen molar-refractivity contribution in [1.82, 2.24) is 0 Å². The molecule has 3 heteroatoms. The molecule has 0 aliphatic carbocycles. The highest BCUT2D eigenvalue weighted by Gasteiger charge is 2.10. The summed E-state index contributed by atoms with van der Waals surface area (Å²) < 4.78 is 0.864. The van der Waals surface area contributed by atoms with Gasteiger partial charge in [0.1, 0.15) is 0 Å². The molecule has 0 heterocycles. The number of halogens is 2. The first-order valence-corrected chi connectivity index (χ1v) is 6.26. The molecule has 0 radical (unpaired) electrons. The Morgan fingerprint density at radius 3 is 2.41 bits per heavy atom. The van der Waals surface area contributed by atoms with E-state index in [2.05, 4.69) is 22.5 Å². The number of benzene rings is 2. The van der Waals surface area contributed by atoms with Crippen LogP contribution in [0, 0.1) is 0 Å². The van der Waals surface area contributed by atoms with Gasteiger partial charge in [0.15, 0.2) is 0 Å². The quantitative estimate of drug-likeness (QED) is 0.796. The Kier molecular flexibility index (Phi) is 3.55. The zero-order valence-corrected chi connectivity index (χ0v) is 11.4. The van der Waals surface area contributed by atoms with Gasteiger partial charge in [-0.25, -0.2) is 0 Å². The van der Waals surface area contributed by atoms with Gasteiger partial charge in [0.2, 0.25) is 0 Å². The summed E-state index contributed by atoms with van der Waals surface area (Å²) in [5.41, 5.74) is 9.32. The molecule has 0 aromatic heterocycles. The molecule has 2 rings (SSSR count). The Hall–Kier alpha value is -1.25. The molecular weight excluding hydrogens is 298 g/mol. The van der Waals surface area contributed by atoms with E-state index in [0.29, 0.717) is 10.7 Å². The first-order valence-electron chi connectivity index (χ1n) is 5.09. The molecule has 2 aromatic carbocycles. The first kappa shape index (κ1) is 12.2. The fraction of sp³-hybridized carbons (Fsp3) is 0. The zero-order valence-electron chi connectivity index (χ0n) is 9.08. The number of nitrogens with two attached hydrogens (primary N) is 1. The fourth-order valence-corrected chi connectivity index (χ4v) is 2.27. The van der Waals surface area contributed by atoms with Crippen LogP contribution in [-0.2, 0) is 0 Å². The van der Waals surface area contributed by atoms with E-state index in [0.717, 1.165) is 21.2 Å². The number of hydrogen-bond acceptors (Lipinski definition) is 1. The molecule has 1 nitrogen and oxygen atoms in total. The second-order valence-corrected chi connectivity index (χ2v) is 4.92. The number of hydrogen-bond donors (Lipinski definition) is 1. The molecule has 0 saturated heterocycles. The summed E-state index contributed by atoms with van der Waals surface area (Å²) in [4.78, 5) is 0. The van der Waals surface area contributed by atoms with E-state index in [4.69, 9.17) is 17.3 Å². The minimum Gasteiger partial charge on any atom is -0.397 e. The van der Waals surface area contributed by atoms with E-state index in [9.17, 15) is 0 Å². The van der Waals surface area contributed by atoms with Crippen molar-refractivity contribution in [2.24, 2.45) is 0 Å². The predicted molar refractivity (Wildman–Crippen MR) is 78.1 cm³/mol. The van der Waals surface area contributed by atoms with Gasteiger partial charge in [-0.05, 0) is 33.6 Å². The van der Waals surface area contributed by atoms with Crippen LogP contribution >= 0.6 is 27.5 Å². The largest absolute Gasteiger partial charge is 0.397 e. The number of nitrogen functional groups attached to an aromatic ring is 1. The van der Waals surface area contributed by atoms with Crippen molar-refractivity contribution in [3.05, 3.63) is 69.7 Å². The molecular formula is C14H11BrClN. The second-order valence-electron chi connectivity index (χ2n) is 3.66. The lowest BCUT2D eigenvalue weighted by atomic mass is 9.98. The predicted octanol–water partition coefficient (Wildman–Crippen LogP) is 4.75. The van der Waals surface area contributed by atoms with Gasteiger partial charge in [0.25, 0.3) is 0 Å². The molecule has 0 amide bonds. The standard InChI is InChI=1S/C14H11BrClN/c1-9(10-5-2-3-8-13(10)16)11-6-4-7-12(15)14(11)17/h2-8H,1,17H2. The van der Waals surface area contributed by atoms with Gasteiger partial charge in [-0.3, -0.25) is 0 Å². The van der Waals surface area contributed by atoms with Crippen molar-refractivity contribution in [2.75, 3.05) is 5.73 Å². The molecule has 0 saturated carbocycles. The van der Waals surface area contributed by atoms with Crippen molar-refractivity contribution in [1.29, 1.82) is 0 Å². The molecule has 0 fully saturated rings. The van der Waals surface area contributed by atoms with Gasteiger partial charge >= 0.3 is 0 Å². The maximum Gasteiger partial charge on any atom is 0.0538 e. The molecule has 2 N–H and O–H groups in total. The molecule has 0 aliphatic heterocycles. The van der Waals surface area contributed by atoms with Crippen molar-refractivity contribution in [2.45, 2.75) is 0 Å². The topological polar surface area (TPSA) is 26.0 Å². The summed E-state index contributed by atoms with van der Waals surface area (Å²) >= 11 is 9.55. The summed E-state index contributed by atoms with van der Waals surface area (Å²) in [7, 11) is 0. The minimum absolute atomic E-state index is 0.678. The van der Waals surface area contributed by atoms with E-state index in [-0.39, 0.29) is 0 Å². The Labute approximate surface area is 114 Å². The maximum absolute atomic E-state index is 6.15. The third-order valence-corrected chi connectivity index (χ3v) is 3.60. The SMILES string of the molecule is C=C(c1ccccc1Cl)c1cccc(Br)c1N. The van der Waals surface area contributed by atoms with Crippen molar-refractivity contribution in [3.8, 4) is 0 Å². The number of rotatable bonds is 2. The molecule has 17 heavy (non-hydrogen) atoms. The van der Waals surface area contributed by atoms with Gasteiger partial charge < -0.3 is 5.73 Å². The fourth-order valence-electron chi connectivity index (χ4n) is 1.65. The van der Waals surface area contributed by atoms with E-state index < -0.39 is 0 Å². The van der Waals surface area contributed by atoms with Crippen LogP contribution in [0.3, 0.4) is 0 Å². The smallest absolute Gasteiger partial charge is 0.0538 e. The molecule has 0 unspecified atom stereocenters. The Morgan fingerprint density at radius 2 is 1.71 bits per heavy atom. The average Bonchev–Trinajstić information content (AvgIpc) is 2.32. The van der Waals surface area contributed by atoms with Crippen molar-refractivity contribution < 1.29 is 0 Å². The van der Waals surface area contributed by atoms with Gasteiger partial charge in [-0.2, -0.15) is 0 Å². The van der Waals surface area contributed by atoms with E-state index >= 15 is 0 Å². The highest BCUT2D eigenvalue weighted by molar-refractivity contribution is 9.10. The van der Waals surface area contributed by atoms with Crippen LogP contribution in [0.15, 0.2) is 53.5 Å². The maximum atomic E-state index is 6.15. The van der Waals surface area contributed by atoms with Crippen LogP contribution in [0.1, 0.15) is 11.1 Å². The molecule has 0 spiro atoms. The van der Waals surface area contributed by atoms with E-state index in [1.165, 1.54) is 0 Å². The van der Waals surface area contributed by atoms with E-state index in [1.54, 1.807) is 0 Å². The summed E-state index contributed by atoms with van der Waals surface area (Å²) in [6.07, 6.45) is 0. The Balaban J connectivity index is 2.52. The van der Waals surface area contributed by atoms with Crippen LogP contribution in [0.5, 0.6) is 0 Å². The molecule has 86 valence electrons. The summed E-state index contributed by atoms with van der Waals surface area (Å²) in [5, 5.41) is 0.678. The third-order valence-electron chi connectivity index (χ3n) is 2.58. The van der Waals surface area contributed by atoms with Gasteiger partial charge in [0.05, 0.1) is 5.69 Å².